The molecule has 2 N–H and O–H groups in total. The lowest BCUT2D eigenvalue weighted by Crippen LogP contribution is -2.21. The van der Waals surface area contributed by atoms with Crippen LogP contribution in [0.15, 0.2) is 54.6 Å². The lowest BCUT2D eigenvalue weighted by molar-refractivity contribution is -0.119. The van der Waals surface area contributed by atoms with Crippen molar-refractivity contribution in [1.82, 2.24) is 10.3 Å². The Labute approximate surface area is 173 Å². The Bertz CT molecular complexity index is 1120. The maximum absolute atomic E-state index is 12.7. The first kappa shape index (κ1) is 19.6. The highest BCUT2D eigenvalue weighted by atomic mass is 16.5. The molecule has 0 atom stereocenters. The highest BCUT2D eigenvalue weighted by molar-refractivity contribution is 6.04. The fraction of sp³-hybridized carbons (Fsp3) is 0.217. The Balaban J connectivity index is 1.42. The largest absolute Gasteiger partial charge is 0.452 e. The van der Waals surface area contributed by atoms with Crippen molar-refractivity contribution in [1.29, 1.82) is 0 Å². The number of hydrogen-bond donors (Lipinski definition) is 2. The topological polar surface area (TPSA) is 97.4 Å². The Morgan fingerprint density at radius 2 is 1.80 bits per heavy atom. The highest BCUT2D eigenvalue weighted by Crippen LogP contribution is 2.40. The molecule has 0 bridgehead atoms. The standard InChI is InChI=1S/C23H21N3O4/c1-24-22(28)15-8-10-16(11-9-15)25-21(27)13-30-23(29)18-12-20(14-6-7-14)26-19-5-3-2-4-17(18)19/h2-5,8-12,14H,6-7,13H2,1H3,(H,24,28)(H,25,27). The summed E-state index contributed by atoms with van der Waals surface area (Å²) in [5.74, 6) is -0.836. The summed E-state index contributed by atoms with van der Waals surface area (Å²) in [7, 11) is 1.55. The van der Waals surface area contributed by atoms with E-state index in [0.717, 1.165) is 24.1 Å². The number of amides is 2. The molecule has 3 aromatic rings. The van der Waals surface area contributed by atoms with Crippen LogP contribution in [0.2, 0.25) is 0 Å². The van der Waals surface area contributed by atoms with Gasteiger partial charge in [-0.2, -0.15) is 0 Å². The summed E-state index contributed by atoms with van der Waals surface area (Å²) in [6.45, 7) is -0.411. The van der Waals surface area contributed by atoms with Crippen molar-refractivity contribution < 1.29 is 19.1 Å². The van der Waals surface area contributed by atoms with Gasteiger partial charge in [0.1, 0.15) is 0 Å². The predicted molar refractivity (Wildman–Crippen MR) is 112 cm³/mol. The van der Waals surface area contributed by atoms with E-state index in [1.165, 1.54) is 0 Å². The smallest absolute Gasteiger partial charge is 0.339 e. The van der Waals surface area contributed by atoms with Crippen molar-refractivity contribution in [2.45, 2.75) is 18.8 Å². The summed E-state index contributed by atoms with van der Waals surface area (Å²) in [4.78, 5) is 41.1. The number of nitrogens with zero attached hydrogens (tertiary/aromatic N) is 1. The summed E-state index contributed by atoms with van der Waals surface area (Å²) in [5.41, 5.74) is 3.05. The molecule has 0 aliphatic heterocycles. The van der Waals surface area contributed by atoms with Gasteiger partial charge in [-0.15, -0.1) is 0 Å². The van der Waals surface area contributed by atoms with Crippen LogP contribution in [0, 0.1) is 0 Å². The predicted octanol–water partition coefficient (Wildman–Crippen LogP) is 3.27. The van der Waals surface area contributed by atoms with Crippen LogP contribution in [-0.2, 0) is 9.53 Å². The van der Waals surface area contributed by atoms with Gasteiger partial charge < -0.3 is 15.4 Å². The second-order valence-corrected chi connectivity index (χ2v) is 7.17. The summed E-state index contributed by atoms with van der Waals surface area (Å²) in [5, 5.41) is 5.88. The Hall–Kier alpha value is -3.74. The number of nitrogens with one attached hydrogen (secondary N) is 2. The Morgan fingerprint density at radius 1 is 1.07 bits per heavy atom. The molecule has 0 spiro atoms. The third-order valence-electron chi connectivity index (χ3n) is 4.94. The number of benzene rings is 2. The fourth-order valence-corrected chi connectivity index (χ4v) is 3.21. The van der Waals surface area contributed by atoms with Crippen LogP contribution in [0.25, 0.3) is 10.9 Å². The van der Waals surface area contributed by atoms with E-state index in [1.807, 2.05) is 24.3 Å². The van der Waals surface area contributed by atoms with E-state index in [0.29, 0.717) is 28.1 Å². The lowest BCUT2D eigenvalue weighted by Gasteiger charge is -2.10. The van der Waals surface area contributed by atoms with Crippen LogP contribution in [0.3, 0.4) is 0 Å². The first-order valence-electron chi connectivity index (χ1n) is 9.74. The van der Waals surface area contributed by atoms with Gasteiger partial charge in [0, 0.05) is 35.3 Å². The molecule has 1 saturated carbocycles. The SMILES string of the molecule is CNC(=O)c1ccc(NC(=O)COC(=O)c2cc(C3CC3)nc3ccccc23)cc1. The number of fused-ring (bicyclic) bond motifs is 1. The quantitative estimate of drug-likeness (QED) is 0.616. The molecule has 7 heteroatoms. The third kappa shape index (κ3) is 4.30. The minimum Gasteiger partial charge on any atom is -0.452 e. The molecule has 152 valence electrons. The molecule has 1 aromatic heterocycles. The van der Waals surface area contributed by atoms with Gasteiger partial charge in [0.2, 0.25) is 0 Å². The third-order valence-corrected chi connectivity index (χ3v) is 4.94. The van der Waals surface area contributed by atoms with Gasteiger partial charge in [-0.25, -0.2) is 4.79 Å². The van der Waals surface area contributed by atoms with Crippen molar-refractivity contribution in [3.8, 4) is 0 Å². The summed E-state index contributed by atoms with van der Waals surface area (Å²) in [6.07, 6.45) is 2.14. The van der Waals surface area contributed by atoms with Crippen LogP contribution in [0.4, 0.5) is 5.69 Å². The molecule has 0 saturated heterocycles. The molecule has 2 amide bonds. The zero-order chi connectivity index (χ0) is 21.1. The number of esters is 1. The van der Waals surface area contributed by atoms with E-state index >= 15 is 0 Å². The maximum Gasteiger partial charge on any atom is 0.339 e. The number of aromatic nitrogens is 1. The number of hydrogen-bond acceptors (Lipinski definition) is 5. The Morgan fingerprint density at radius 3 is 2.50 bits per heavy atom. The monoisotopic (exact) mass is 403 g/mol. The minimum atomic E-state index is -0.555. The molecule has 1 aliphatic carbocycles. The number of anilines is 1. The van der Waals surface area contributed by atoms with Crippen LogP contribution in [0.1, 0.15) is 45.2 Å². The molecule has 1 fully saturated rings. The molecule has 4 rings (SSSR count). The van der Waals surface area contributed by atoms with Gasteiger partial charge in [0.25, 0.3) is 11.8 Å². The van der Waals surface area contributed by atoms with Crippen LogP contribution >= 0.6 is 0 Å². The molecule has 2 aromatic carbocycles. The highest BCUT2D eigenvalue weighted by Gasteiger charge is 2.27. The second kappa shape index (κ2) is 8.32. The molecular weight excluding hydrogens is 382 g/mol. The zero-order valence-electron chi connectivity index (χ0n) is 16.5. The van der Waals surface area contributed by atoms with Crippen molar-refractivity contribution in [3.63, 3.8) is 0 Å². The number of carbonyl (C=O) groups excluding carboxylic acids is 3. The first-order chi connectivity index (χ1) is 14.5. The van der Waals surface area contributed by atoms with E-state index in [9.17, 15) is 14.4 Å². The molecule has 0 radical (unpaired) electrons. The minimum absolute atomic E-state index is 0.211. The molecular formula is C23H21N3O4. The van der Waals surface area contributed by atoms with E-state index in [4.69, 9.17) is 4.74 Å². The lowest BCUT2D eigenvalue weighted by atomic mass is 10.1. The summed E-state index contributed by atoms with van der Waals surface area (Å²) < 4.78 is 5.26. The van der Waals surface area contributed by atoms with Gasteiger partial charge >= 0.3 is 5.97 Å². The molecule has 1 aliphatic rings. The molecule has 1 heterocycles. The van der Waals surface area contributed by atoms with Gasteiger partial charge in [-0.05, 0) is 49.2 Å². The van der Waals surface area contributed by atoms with Crippen LogP contribution < -0.4 is 10.6 Å². The van der Waals surface area contributed by atoms with Gasteiger partial charge in [0.05, 0.1) is 11.1 Å². The average Bonchev–Trinajstić information content (AvgIpc) is 3.62. The second-order valence-electron chi connectivity index (χ2n) is 7.17. The number of ether oxygens (including phenoxy) is 1. The first-order valence-corrected chi connectivity index (χ1v) is 9.74. The van der Waals surface area contributed by atoms with E-state index < -0.39 is 18.5 Å². The average molecular weight is 403 g/mol. The number of carbonyl (C=O) groups is 3. The number of para-hydroxylation sites is 1. The maximum atomic E-state index is 12.7. The van der Waals surface area contributed by atoms with Crippen molar-refractivity contribution in [2.75, 3.05) is 19.0 Å². The molecule has 7 nitrogen and oxygen atoms in total. The van der Waals surface area contributed by atoms with E-state index in [-0.39, 0.29) is 5.91 Å². The van der Waals surface area contributed by atoms with Gasteiger partial charge in [0.15, 0.2) is 6.61 Å². The number of pyridine rings is 1. The zero-order valence-corrected chi connectivity index (χ0v) is 16.5. The van der Waals surface area contributed by atoms with Gasteiger partial charge in [-0.1, -0.05) is 18.2 Å². The van der Waals surface area contributed by atoms with E-state index in [1.54, 1.807) is 37.4 Å². The molecule has 30 heavy (non-hydrogen) atoms. The van der Waals surface area contributed by atoms with Crippen molar-refractivity contribution >= 4 is 34.4 Å². The van der Waals surface area contributed by atoms with E-state index in [2.05, 4.69) is 15.6 Å². The van der Waals surface area contributed by atoms with Crippen LogP contribution in [-0.4, -0.2) is 36.4 Å². The van der Waals surface area contributed by atoms with Crippen molar-refractivity contribution in [3.05, 3.63) is 71.4 Å². The normalized spacial score (nSPS) is 13.0. The number of rotatable bonds is 6. The summed E-state index contributed by atoms with van der Waals surface area (Å²) >= 11 is 0. The fourth-order valence-electron chi connectivity index (χ4n) is 3.21. The van der Waals surface area contributed by atoms with Crippen molar-refractivity contribution in [2.24, 2.45) is 0 Å². The Kier molecular flexibility index (Phi) is 5.43. The van der Waals surface area contributed by atoms with Gasteiger partial charge in [-0.3, -0.25) is 14.6 Å². The van der Waals surface area contributed by atoms with Crippen LogP contribution in [0.5, 0.6) is 0 Å². The molecule has 0 unspecified atom stereocenters. The summed E-state index contributed by atoms with van der Waals surface area (Å²) in [6, 6.07) is 15.6.